The Morgan fingerprint density at radius 3 is 2.20 bits per heavy atom. The van der Waals surface area contributed by atoms with Crippen LogP contribution < -0.4 is 9.08 Å². The maximum atomic E-state index is 12.1. The highest BCUT2D eigenvalue weighted by atomic mass is 32.2. The van der Waals surface area contributed by atoms with E-state index in [1.807, 2.05) is 18.2 Å². The van der Waals surface area contributed by atoms with Crippen molar-refractivity contribution < 1.29 is 17.7 Å². The van der Waals surface area contributed by atoms with Crippen molar-refractivity contribution in [2.24, 2.45) is 0 Å². The molecule has 3 rings (SSSR count). The molecule has 0 spiro atoms. The molecule has 2 aromatic rings. The Hall–Kier alpha value is -2.25. The molecular formula is C18H22N2O4S. The van der Waals surface area contributed by atoms with Crippen LogP contribution in [0.3, 0.4) is 0 Å². The Kier molecular flexibility index (Phi) is 5.45. The first-order valence-corrected chi connectivity index (χ1v) is 9.83. The van der Waals surface area contributed by atoms with Crippen LogP contribution in [-0.2, 0) is 10.1 Å². The van der Waals surface area contributed by atoms with E-state index in [1.165, 1.54) is 0 Å². The van der Waals surface area contributed by atoms with Gasteiger partial charge in [-0.15, -0.1) is 0 Å². The minimum atomic E-state index is -3.59. The Morgan fingerprint density at radius 1 is 0.920 bits per heavy atom. The molecule has 6 nitrogen and oxygen atoms in total. The monoisotopic (exact) mass is 362 g/mol. The standard InChI is InChI=1S/C18H22N2O4S/c21-17-8-6-16(7-9-17)20-12-10-19(11-13-20)14-15-25(22,23)24-18-4-2-1-3-5-18/h1-9,21H,10-15H2. The lowest BCUT2D eigenvalue weighted by Crippen LogP contribution is -2.47. The molecule has 0 saturated carbocycles. The van der Waals surface area contributed by atoms with Crippen molar-refractivity contribution in [3.05, 3.63) is 54.6 Å². The van der Waals surface area contributed by atoms with Gasteiger partial charge in [-0.1, -0.05) is 18.2 Å². The van der Waals surface area contributed by atoms with Gasteiger partial charge in [0.05, 0.1) is 5.75 Å². The summed E-state index contributed by atoms with van der Waals surface area (Å²) in [5.74, 6) is 0.576. The molecule has 1 fully saturated rings. The number of benzene rings is 2. The van der Waals surface area contributed by atoms with Gasteiger partial charge in [-0.2, -0.15) is 8.42 Å². The molecule has 7 heteroatoms. The molecule has 0 unspecified atom stereocenters. The third kappa shape index (κ3) is 5.11. The van der Waals surface area contributed by atoms with Gasteiger partial charge < -0.3 is 14.2 Å². The molecule has 0 aromatic heterocycles. The average molecular weight is 362 g/mol. The summed E-state index contributed by atoms with van der Waals surface area (Å²) in [7, 11) is -3.59. The fourth-order valence-electron chi connectivity index (χ4n) is 2.80. The van der Waals surface area contributed by atoms with Crippen molar-refractivity contribution in [1.82, 2.24) is 4.90 Å². The van der Waals surface area contributed by atoms with Gasteiger partial charge in [0.15, 0.2) is 0 Å². The maximum absolute atomic E-state index is 12.1. The number of piperazine rings is 1. The molecular weight excluding hydrogens is 340 g/mol. The maximum Gasteiger partial charge on any atom is 0.310 e. The zero-order valence-corrected chi connectivity index (χ0v) is 14.7. The molecule has 0 aliphatic carbocycles. The van der Waals surface area contributed by atoms with Gasteiger partial charge in [0.1, 0.15) is 11.5 Å². The third-order valence-electron chi connectivity index (χ3n) is 4.21. The largest absolute Gasteiger partial charge is 0.508 e. The molecule has 0 radical (unpaired) electrons. The molecule has 1 aliphatic rings. The number of nitrogens with zero attached hydrogens (tertiary/aromatic N) is 2. The lowest BCUT2D eigenvalue weighted by Gasteiger charge is -2.36. The summed E-state index contributed by atoms with van der Waals surface area (Å²) in [4.78, 5) is 4.35. The molecule has 0 atom stereocenters. The Morgan fingerprint density at radius 2 is 1.56 bits per heavy atom. The molecule has 1 saturated heterocycles. The number of phenols is 1. The minimum absolute atomic E-state index is 0.0267. The fraction of sp³-hybridized carbons (Fsp3) is 0.333. The number of hydrogen-bond acceptors (Lipinski definition) is 6. The summed E-state index contributed by atoms with van der Waals surface area (Å²) in [6, 6.07) is 15.7. The van der Waals surface area contributed by atoms with Gasteiger partial charge in [-0.25, -0.2) is 0 Å². The molecule has 0 bridgehead atoms. The van der Waals surface area contributed by atoms with E-state index in [1.54, 1.807) is 36.4 Å². The second-order valence-electron chi connectivity index (χ2n) is 6.00. The molecule has 25 heavy (non-hydrogen) atoms. The van der Waals surface area contributed by atoms with Gasteiger partial charge >= 0.3 is 10.1 Å². The Bertz CT molecular complexity index is 770. The first kappa shape index (κ1) is 17.6. The van der Waals surface area contributed by atoms with Crippen LogP contribution in [0.2, 0.25) is 0 Å². The normalized spacial score (nSPS) is 15.9. The highest BCUT2D eigenvalue weighted by Gasteiger charge is 2.20. The third-order valence-corrected chi connectivity index (χ3v) is 5.34. The van der Waals surface area contributed by atoms with E-state index in [-0.39, 0.29) is 11.5 Å². The van der Waals surface area contributed by atoms with Crippen LogP contribution in [0.25, 0.3) is 0 Å². The van der Waals surface area contributed by atoms with E-state index in [9.17, 15) is 13.5 Å². The number of phenolic OH excluding ortho intramolecular Hbond substituents is 1. The first-order chi connectivity index (χ1) is 12.0. The van der Waals surface area contributed by atoms with Crippen molar-refractivity contribution >= 4 is 15.8 Å². The number of para-hydroxylation sites is 1. The van der Waals surface area contributed by atoms with Crippen LogP contribution in [-0.4, -0.2) is 56.9 Å². The average Bonchev–Trinajstić information content (AvgIpc) is 2.62. The van der Waals surface area contributed by atoms with Crippen LogP contribution in [0, 0.1) is 0 Å². The summed E-state index contributed by atoms with van der Waals surface area (Å²) < 4.78 is 29.3. The molecule has 1 heterocycles. The highest BCUT2D eigenvalue weighted by Crippen LogP contribution is 2.20. The smallest absolute Gasteiger partial charge is 0.310 e. The summed E-state index contributed by atoms with van der Waals surface area (Å²) in [6.07, 6.45) is 0. The second kappa shape index (κ2) is 7.76. The van der Waals surface area contributed by atoms with E-state index in [0.29, 0.717) is 12.3 Å². The molecule has 2 aromatic carbocycles. The van der Waals surface area contributed by atoms with Gasteiger partial charge in [-0.05, 0) is 36.4 Å². The van der Waals surface area contributed by atoms with Crippen molar-refractivity contribution in [3.8, 4) is 11.5 Å². The number of aromatic hydroxyl groups is 1. The molecule has 1 aliphatic heterocycles. The lowest BCUT2D eigenvalue weighted by atomic mass is 10.2. The number of anilines is 1. The zero-order chi connectivity index (χ0) is 17.7. The zero-order valence-electron chi connectivity index (χ0n) is 13.9. The van der Waals surface area contributed by atoms with Crippen molar-refractivity contribution in [3.63, 3.8) is 0 Å². The molecule has 1 N–H and O–H groups in total. The predicted molar refractivity (Wildman–Crippen MR) is 97.6 cm³/mol. The summed E-state index contributed by atoms with van der Waals surface area (Å²) in [5.41, 5.74) is 1.07. The van der Waals surface area contributed by atoms with Crippen molar-refractivity contribution in [2.45, 2.75) is 0 Å². The molecule has 134 valence electrons. The van der Waals surface area contributed by atoms with E-state index in [2.05, 4.69) is 9.80 Å². The van der Waals surface area contributed by atoms with Crippen LogP contribution in [0.5, 0.6) is 11.5 Å². The summed E-state index contributed by atoms with van der Waals surface area (Å²) in [6.45, 7) is 3.69. The number of hydrogen-bond donors (Lipinski definition) is 1. The van der Waals surface area contributed by atoms with E-state index < -0.39 is 10.1 Å². The molecule has 0 amide bonds. The topological polar surface area (TPSA) is 70.1 Å². The van der Waals surface area contributed by atoms with E-state index in [0.717, 1.165) is 31.9 Å². The van der Waals surface area contributed by atoms with E-state index >= 15 is 0 Å². The summed E-state index contributed by atoms with van der Waals surface area (Å²) >= 11 is 0. The van der Waals surface area contributed by atoms with Gasteiger partial charge in [0.2, 0.25) is 0 Å². The van der Waals surface area contributed by atoms with Crippen LogP contribution in [0.4, 0.5) is 5.69 Å². The Labute approximate surface area is 148 Å². The minimum Gasteiger partial charge on any atom is -0.508 e. The SMILES string of the molecule is O=S(=O)(CCN1CCN(c2ccc(O)cc2)CC1)Oc1ccccc1. The van der Waals surface area contributed by atoms with Crippen LogP contribution >= 0.6 is 0 Å². The van der Waals surface area contributed by atoms with Gasteiger partial charge in [0.25, 0.3) is 0 Å². The Balaban J connectivity index is 1.46. The van der Waals surface area contributed by atoms with Gasteiger partial charge in [0, 0.05) is 38.4 Å². The van der Waals surface area contributed by atoms with Crippen molar-refractivity contribution in [1.29, 1.82) is 0 Å². The quantitative estimate of drug-likeness (QED) is 0.792. The first-order valence-electron chi connectivity index (χ1n) is 8.25. The van der Waals surface area contributed by atoms with Gasteiger partial charge in [-0.3, -0.25) is 4.90 Å². The lowest BCUT2D eigenvalue weighted by molar-refractivity contribution is 0.270. The fourth-order valence-corrected chi connectivity index (χ4v) is 3.77. The van der Waals surface area contributed by atoms with E-state index in [4.69, 9.17) is 4.18 Å². The predicted octanol–water partition coefficient (Wildman–Crippen LogP) is 1.92. The van der Waals surface area contributed by atoms with Crippen LogP contribution in [0.15, 0.2) is 54.6 Å². The second-order valence-corrected chi connectivity index (χ2v) is 7.69. The van der Waals surface area contributed by atoms with Crippen molar-refractivity contribution in [2.75, 3.05) is 43.4 Å². The summed E-state index contributed by atoms with van der Waals surface area (Å²) in [5, 5.41) is 9.35. The number of rotatable bonds is 6. The highest BCUT2D eigenvalue weighted by molar-refractivity contribution is 7.87. The van der Waals surface area contributed by atoms with Crippen LogP contribution in [0.1, 0.15) is 0 Å².